The van der Waals surface area contributed by atoms with Crippen LogP contribution in [0.4, 0.5) is 5.69 Å². The number of allylic oxidation sites excluding steroid dienone is 4. The number of hydrogen-bond acceptors (Lipinski definition) is 8. The molecule has 7 rings (SSSR count). The van der Waals surface area contributed by atoms with Gasteiger partial charge in [0.05, 0.1) is 12.2 Å². The summed E-state index contributed by atoms with van der Waals surface area (Å²) in [5.41, 5.74) is 8.03. The molecule has 5 aliphatic rings. The minimum atomic E-state index is -1.38. The molecule has 5 N–H and O–H groups in total. The number of hydrogen-bond donors (Lipinski definition) is 4. The summed E-state index contributed by atoms with van der Waals surface area (Å²) in [6, 6.07) is 7.73. The number of carbonyl (C=O) groups is 2. The molecule has 9 nitrogen and oxygen atoms in total. The van der Waals surface area contributed by atoms with E-state index in [1.54, 1.807) is 12.2 Å². The molecule has 0 bridgehead atoms. The van der Waals surface area contributed by atoms with Gasteiger partial charge in [-0.3, -0.25) is 9.59 Å². The van der Waals surface area contributed by atoms with Crippen molar-refractivity contribution in [2.45, 2.75) is 76.6 Å². The first-order valence-electron chi connectivity index (χ1n) is 15.8. The molecular formula is C35H42N2O7. The van der Waals surface area contributed by atoms with E-state index in [0.717, 1.165) is 35.1 Å². The molecule has 4 aliphatic carbocycles. The van der Waals surface area contributed by atoms with Gasteiger partial charge in [-0.2, -0.15) is 0 Å². The lowest BCUT2D eigenvalue weighted by molar-refractivity contribution is -0.201. The number of anilines is 1. The zero-order chi connectivity index (χ0) is 31.0. The molecule has 1 aromatic heterocycles. The highest BCUT2D eigenvalue weighted by molar-refractivity contribution is 6.01. The summed E-state index contributed by atoms with van der Waals surface area (Å²) < 4.78 is 15.3. The number of nitrogens with two attached hydrogens (primary N) is 1. The minimum Gasteiger partial charge on any atom is -0.399 e. The molecule has 9 heteroatoms. The van der Waals surface area contributed by atoms with Gasteiger partial charge in [-0.05, 0) is 85.4 Å². The van der Waals surface area contributed by atoms with E-state index in [4.69, 9.17) is 15.2 Å². The number of benzene rings is 1. The summed E-state index contributed by atoms with van der Waals surface area (Å²) >= 11 is 0. The highest BCUT2D eigenvalue weighted by Gasteiger charge is 2.75. The summed E-state index contributed by atoms with van der Waals surface area (Å²) in [4.78, 5) is 26.0. The van der Waals surface area contributed by atoms with Gasteiger partial charge < -0.3 is 35.1 Å². The van der Waals surface area contributed by atoms with Gasteiger partial charge in [-0.1, -0.05) is 31.6 Å². The Balaban J connectivity index is 1.17. The van der Waals surface area contributed by atoms with Crippen molar-refractivity contribution >= 4 is 17.3 Å². The van der Waals surface area contributed by atoms with E-state index in [1.165, 1.54) is 0 Å². The van der Waals surface area contributed by atoms with Crippen molar-refractivity contribution in [1.29, 1.82) is 0 Å². The molecule has 0 unspecified atom stereocenters. The van der Waals surface area contributed by atoms with Crippen LogP contribution < -0.4 is 5.73 Å². The normalized spacial score (nSPS) is 38.9. The number of ketones is 2. The van der Waals surface area contributed by atoms with Gasteiger partial charge in [-0.25, -0.2) is 0 Å². The molecule has 0 spiro atoms. The van der Waals surface area contributed by atoms with E-state index in [9.17, 15) is 24.9 Å². The van der Waals surface area contributed by atoms with Crippen LogP contribution in [0, 0.1) is 28.6 Å². The number of rotatable bonds is 7. The third-order valence-corrected chi connectivity index (χ3v) is 11.7. The molecule has 2 heterocycles. The SMILES string of the molecule is C[C@]12C=CC(=O)C=C1CC[C@@H]1[C@@H]2[C@@H](O)C[C@@]2(C)[C@H]1C[C@H]1O[C@@H](c3ccn(Cc4cc(N)cc(CCO)c4)c3)O[C@]12C(=O)CO. The Labute approximate surface area is 257 Å². The minimum absolute atomic E-state index is 0.00465. The van der Waals surface area contributed by atoms with Crippen molar-refractivity contribution in [3.8, 4) is 0 Å². The van der Waals surface area contributed by atoms with E-state index in [2.05, 4.69) is 6.92 Å². The van der Waals surface area contributed by atoms with Gasteiger partial charge in [0.1, 0.15) is 6.61 Å². The summed E-state index contributed by atoms with van der Waals surface area (Å²) in [5.74, 6) is -0.335. The number of carbonyl (C=O) groups excluding carboxylic acids is 2. The van der Waals surface area contributed by atoms with Crippen molar-refractivity contribution in [2.75, 3.05) is 18.9 Å². The lowest BCUT2D eigenvalue weighted by Gasteiger charge is -2.59. The Kier molecular flexibility index (Phi) is 7.06. The van der Waals surface area contributed by atoms with Crippen LogP contribution in [-0.4, -0.2) is 62.5 Å². The lowest BCUT2D eigenvalue weighted by Crippen LogP contribution is -2.63. The van der Waals surface area contributed by atoms with E-state index in [-0.39, 0.29) is 30.1 Å². The fourth-order valence-corrected chi connectivity index (χ4v) is 9.90. The van der Waals surface area contributed by atoms with E-state index >= 15 is 0 Å². The summed E-state index contributed by atoms with van der Waals surface area (Å²) in [6.07, 6.45) is 10.2. The summed E-state index contributed by atoms with van der Waals surface area (Å²) in [5, 5.41) is 31.4. The maximum absolute atomic E-state index is 13.8. The predicted molar refractivity (Wildman–Crippen MR) is 162 cm³/mol. The molecule has 1 aliphatic heterocycles. The van der Waals surface area contributed by atoms with Crippen LogP contribution in [0.5, 0.6) is 0 Å². The van der Waals surface area contributed by atoms with Gasteiger partial charge in [0, 0.05) is 53.5 Å². The predicted octanol–water partition coefficient (Wildman–Crippen LogP) is 3.26. The second-order valence-corrected chi connectivity index (χ2v) is 14.0. The molecule has 0 amide bonds. The van der Waals surface area contributed by atoms with E-state index in [1.807, 2.05) is 54.2 Å². The Morgan fingerprint density at radius 1 is 1.18 bits per heavy atom. The van der Waals surface area contributed by atoms with Gasteiger partial charge >= 0.3 is 0 Å². The molecule has 3 saturated carbocycles. The number of nitrogen functional groups attached to an aromatic ring is 1. The summed E-state index contributed by atoms with van der Waals surface area (Å²) in [7, 11) is 0. The van der Waals surface area contributed by atoms with Crippen LogP contribution in [0.2, 0.25) is 0 Å². The lowest BCUT2D eigenvalue weighted by atomic mass is 9.46. The van der Waals surface area contributed by atoms with Crippen molar-refractivity contribution < 1.29 is 34.4 Å². The average Bonchev–Trinajstić information content (AvgIpc) is 3.65. The van der Waals surface area contributed by atoms with Gasteiger partial charge in [-0.15, -0.1) is 0 Å². The molecule has 1 saturated heterocycles. The van der Waals surface area contributed by atoms with Crippen molar-refractivity contribution in [3.05, 3.63) is 77.2 Å². The van der Waals surface area contributed by atoms with Crippen molar-refractivity contribution in [2.24, 2.45) is 28.6 Å². The average molecular weight is 603 g/mol. The molecule has 9 atom stereocenters. The second-order valence-electron chi connectivity index (χ2n) is 14.0. The Morgan fingerprint density at radius 2 is 1.98 bits per heavy atom. The van der Waals surface area contributed by atoms with Crippen LogP contribution >= 0.6 is 0 Å². The number of aromatic nitrogens is 1. The van der Waals surface area contributed by atoms with Crippen LogP contribution in [0.25, 0.3) is 0 Å². The van der Waals surface area contributed by atoms with E-state index in [0.29, 0.717) is 31.5 Å². The van der Waals surface area contributed by atoms with Crippen molar-refractivity contribution in [3.63, 3.8) is 0 Å². The maximum atomic E-state index is 13.8. The monoisotopic (exact) mass is 602 g/mol. The number of ether oxygens (including phenoxy) is 2. The number of fused-ring (bicyclic) bond motifs is 7. The molecule has 234 valence electrons. The third-order valence-electron chi connectivity index (χ3n) is 11.7. The fourth-order valence-electron chi connectivity index (χ4n) is 9.90. The maximum Gasteiger partial charge on any atom is 0.193 e. The zero-order valence-electron chi connectivity index (χ0n) is 25.3. The zero-order valence-corrected chi connectivity index (χ0v) is 25.3. The first-order valence-corrected chi connectivity index (χ1v) is 15.8. The van der Waals surface area contributed by atoms with E-state index < -0.39 is 47.3 Å². The number of aliphatic hydroxyl groups is 3. The largest absolute Gasteiger partial charge is 0.399 e. The highest BCUT2D eigenvalue weighted by atomic mass is 16.7. The second kappa shape index (κ2) is 10.5. The Hall–Kier alpha value is -3.08. The Morgan fingerprint density at radius 3 is 2.75 bits per heavy atom. The fraction of sp³-hybridized carbons (Fsp3) is 0.543. The van der Waals surface area contributed by atoms with Crippen LogP contribution in [0.15, 0.2) is 60.5 Å². The van der Waals surface area contributed by atoms with Crippen LogP contribution in [0.3, 0.4) is 0 Å². The number of aliphatic hydroxyl groups excluding tert-OH is 3. The quantitative estimate of drug-likeness (QED) is 0.354. The first kappa shape index (κ1) is 29.6. The molecule has 0 radical (unpaired) electrons. The van der Waals surface area contributed by atoms with Crippen molar-refractivity contribution in [1.82, 2.24) is 4.57 Å². The smallest absolute Gasteiger partial charge is 0.193 e. The third kappa shape index (κ3) is 4.24. The number of Topliss-reactive ketones (excluding diaryl/α,β-unsaturated/α-hetero) is 1. The Bertz CT molecular complexity index is 1560. The van der Waals surface area contributed by atoms with Gasteiger partial charge in [0.15, 0.2) is 23.5 Å². The first-order chi connectivity index (χ1) is 21.0. The molecule has 4 fully saturated rings. The standard InChI is InChI=1S/C35H42N2O7/c1-33-8-5-25(40)14-23(33)3-4-26-27-15-30-35(29(42)19-39,34(27,2)16-28(41)31(26)33)44-32(43-30)22-6-9-37(18-22)17-21-11-20(7-10-38)12-24(36)13-21/h5-6,8-9,11-14,18,26-28,30-32,38-39,41H,3-4,7,10,15-17,19,36H2,1-2H3/t26-,27-,28-,30+,31+,32+,33-,34-,35+/m0/s1. The molecule has 2 aromatic rings. The van der Waals surface area contributed by atoms with Gasteiger partial charge in [0.25, 0.3) is 0 Å². The molecule has 44 heavy (non-hydrogen) atoms. The highest BCUT2D eigenvalue weighted by Crippen LogP contribution is 2.70. The summed E-state index contributed by atoms with van der Waals surface area (Å²) in [6.45, 7) is 4.11. The topological polar surface area (TPSA) is 144 Å². The number of nitrogens with zero attached hydrogens (tertiary/aromatic N) is 1. The molecule has 1 aromatic carbocycles. The van der Waals surface area contributed by atoms with Crippen LogP contribution in [0.1, 0.15) is 62.5 Å². The van der Waals surface area contributed by atoms with Gasteiger partial charge in [0.2, 0.25) is 0 Å². The van der Waals surface area contributed by atoms with Crippen LogP contribution in [-0.2, 0) is 32.0 Å². The molecular weight excluding hydrogens is 560 g/mol.